The second-order valence-electron chi connectivity index (χ2n) is 6.73. The number of anilines is 2. The maximum absolute atomic E-state index is 13.0. The maximum Gasteiger partial charge on any atom is 0.237 e. The van der Waals surface area contributed by atoms with Crippen LogP contribution >= 0.6 is 11.8 Å². The average Bonchev–Trinajstić information content (AvgIpc) is 2.97. The summed E-state index contributed by atoms with van der Waals surface area (Å²) < 4.78 is 0. The van der Waals surface area contributed by atoms with Gasteiger partial charge in [0.05, 0.1) is 28.2 Å². The monoisotopic (exact) mass is 380 g/mol. The summed E-state index contributed by atoms with van der Waals surface area (Å²) in [6.45, 7) is 3.93. The number of carbonyl (C=O) groups is 2. The van der Waals surface area contributed by atoms with E-state index in [9.17, 15) is 9.59 Å². The lowest BCUT2D eigenvalue weighted by molar-refractivity contribution is -0.117. The Morgan fingerprint density at radius 2 is 2.11 bits per heavy atom. The third kappa shape index (κ3) is 3.55. The van der Waals surface area contributed by atoms with Gasteiger partial charge in [0, 0.05) is 12.5 Å². The van der Waals surface area contributed by atoms with E-state index >= 15 is 0 Å². The van der Waals surface area contributed by atoms with Gasteiger partial charge in [-0.1, -0.05) is 30.0 Å². The highest BCUT2D eigenvalue weighted by atomic mass is 32.2. The van der Waals surface area contributed by atoms with Gasteiger partial charge in [-0.3, -0.25) is 9.59 Å². The van der Waals surface area contributed by atoms with Crippen LogP contribution in [-0.4, -0.2) is 33.6 Å². The zero-order chi connectivity index (χ0) is 19.0. The van der Waals surface area contributed by atoms with E-state index in [-0.39, 0.29) is 30.0 Å². The van der Waals surface area contributed by atoms with Crippen molar-refractivity contribution in [3.63, 3.8) is 0 Å². The van der Waals surface area contributed by atoms with Crippen molar-refractivity contribution in [1.29, 1.82) is 0 Å². The molecule has 0 unspecified atom stereocenters. The van der Waals surface area contributed by atoms with E-state index in [0.717, 1.165) is 22.3 Å². The summed E-state index contributed by atoms with van der Waals surface area (Å²) in [7, 11) is 0. The predicted molar refractivity (Wildman–Crippen MR) is 108 cm³/mol. The number of aromatic amines is 1. The minimum absolute atomic E-state index is 0.0481. The highest BCUT2D eigenvalue weighted by molar-refractivity contribution is 7.99. The lowest BCUT2D eigenvalue weighted by Gasteiger charge is -2.27. The SMILES string of the molecule is Cc1ccc2nc(SCC(=O)N3c4ccccc4NC(=O)C[C@H]3C)[nH]c2c1. The van der Waals surface area contributed by atoms with Crippen LogP contribution in [0, 0.1) is 6.92 Å². The average molecular weight is 380 g/mol. The summed E-state index contributed by atoms with van der Waals surface area (Å²) in [5, 5.41) is 3.59. The minimum Gasteiger partial charge on any atom is -0.333 e. The lowest BCUT2D eigenvalue weighted by Crippen LogP contribution is -2.40. The molecule has 2 heterocycles. The van der Waals surface area contributed by atoms with E-state index in [2.05, 4.69) is 15.3 Å². The summed E-state index contributed by atoms with van der Waals surface area (Å²) in [6.07, 6.45) is 0.273. The zero-order valence-electron chi connectivity index (χ0n) is 15.2. The molecule has 138 valence electrons. The van der Waals surface area contributed by atoms with Crippen molar-refractivity contribution in [3.8, 4) is 0 Å². The number of carbonyl (C=O) groups excluding carboxylic acids is 2. The van der Waals surface area contributed by atoms with E-state index in [1.54, 1.807) is 4.90 Å². The van der Waals surface area contributed by atoms with E-state index in [0.29, 0.717) is 10.8 Å². The van der Waals surface area contributed by atoms with Crippen molar-refractivity contribution >= 4 is 46.0 Å². The Morgan fingerprint density at radius 1 is 1.30 bits per heavy atom. The summed E-state index contributed by atoms with van der Waals surface area (Å²) >= 11 is 1.37. The normalized spacial score (nSPS) is 16.7. The number of para-hydroxylation sites is 2. The molecular formula is C20H20N4O2S. The van der Waals surface area contributed by atoms with Gasteiger partial charge in [-0.05, 0) is 43.7 Å². The van der Waals surface area contributed by atoms with Crippen LogP contribution in [0.15, 0.2) is 47.6 Å². The molecule has 0 aliphatic carbocycles. The number of benzene rings is 2. The predicted octanol–water partition coefficient (Wildman–Crippen LogP) is 3.73. The molecule has 0 saturated heterocycles. The number of fused-ring (bicyclic) bond motifs is 2. The first-order chi connectivity index (χ1) is 13.0. The molecule has 1 aliphatic rings. The van der Waals surface area contributed by atoms with Crippen LogP contribution < -0.4 is 10.2 Å². The molecule has 0 saturated carbocycles. The van der Waals surface area contributed by atoms with Crippen molar-refractivity contribution in [2.75, 3.05) is 16.0 Å². The van der Waals surface area contributed by atoms with Crippen LogP contribution in [0.5, 0.6) is 0 Å². The molecule has 0 radical (unpaired) electrons. The van der Waals surface area contributed by atoms with Gasteiger partial charge < -0.3 is 15.2 Å². The second kappa shape index (κ2) is 7.08. The quantitative estimate of drug-likeness (QED) is 0.679. The second-order valence-corrected chi connectivity index (χ2v) is 7.70. The van der Waals surface area contributed by atoms with Crippen LogP contribution in [0.4, 0.5) is 11.4 Å². The van der Waals surface area contributed by atoms with Crippen LogP contribution in [0.1, 0.15) is 18.9 Å². The fraction of sp³-hybridized carbons (Fsp3) is 0.250. The molecule has 0 fully saturated rings. The molecule has 0 bridgehead atoms. The number of H-pyrrole nitrogens is 1. The molecule has 7 heteroatoms. The van der Waals surface area contributed by atoms with E-state index < -0.39 is 0 Å². The molecular weight excluding hydrogens is 360 g/mol. The third-order valence-electron chi connectivity index (χ3n) is 4.58. The first kappa shape index (κ1) is 17.6. The summed E-state index contributed by atoms with van der Waals surface area (Å²) in [5.41, 5.74) is 4.42. The van der Waals surface area contributed by atoms with Gasteiger partial charge in [0.15, 0.2) is 5.16 Å². The minimum atomic E-state index is -0.208. The smallest absolute Gasteiger partial charge is 0.237 e. The van der Waals surface area contributed by atoms with Gasteiger partial charge in [-0.2, -0.15) is 0 Å². The number of aromatic nitrogens is 2. The molecule has 1 atom stereocenters. The van der Waals surface area contributed by atoms with Gasteiger partial charge in [0.2, 0.25) is 11.8 Å². The molecule has 1 aromatic heterocycles. The third-order valence-corrected chi connectivity index (χ3v) is 5.43. The van der Waals surface area contributed by atoms with Crippen LogP contribution in [0.3, 0.4) is 0 Å². The van der Waals surface area contributed by atoms with Gasteiger partial charge in [-0.25, -0.2) is 4.98 Å². The van der Waals surface area contributed by atoms with Crippen molar-refractivity contribution in [3.05, 3.63) is 48.0 Å². The summed E-state index contributed by atoms with van der Waals surface area (Å²) in [4.78, 5) is 34.6. The summed E-state index contributed by atoms with van der Waals surface area (Å²) in [5.74, 6) is 0.115. The zero-order valence-corrected chi connectivity index (χ0v) is 16.0. The fourth-order valence-corrected chi connectivity index (χ4v) is 4.08. The van der Waals surface area contributed by atoms with Crippen LogP contribution in [0.2, 0.25) is 0 Å². The van der Waals surface area contributed by atoms with Crippen LogP contribution in [0.25, 0.3) is 11.0 Å². The number of aryl methyl sites for hydroxylation is 1. The molecule has 27 heavy (non-hydrogen) atoms. The first-order valence-electron chi connectivity index (χ1n) is 8.81. The number of thioether (sulfide) groups is 1. The number of nitrogens with one attached hydrogen (secondary N) is 2. The Balaban J connectivity index is 1.55. The molecule has 4 rings (SSSR count). The highest BCUT2D eigenvalue weighted by Gasteiger charge is 2.29. The number of amides is 2. The maximum atomic E-state index is 13.0. The number of nitrogens with zero attached hydrogens (tertiary/aromatic N) is 2. The topological polar surface area (TPSA) is 78.1 Å². The lowest BCUT2D eigenvalue weighted by atomic mass is 10.2. The molecule has 6 nitrogen and oxygen atoms in total. The molecule has 2 N–H and O–H groups in total. The van der Waals surface area contributed by atoms with Gasteiger partial charge in [0.1, 0.15) is 0 Å². The van der Waals surface area contributed by atoms with Crippen molar-refractivity contribution in [1.82, 2.24) is 9.97 Å². The van der Waals surface area contributed by atoms with Gasteiger partial charge >= 0.3 is 0 Å². The number of rotatable bonds is 3. The fourth-order valence-electron chi connectivity index (χ4n) is 3.34. The Morgan fingerprint density at radius 3 is 2.96 bits per heavy atom. The molecule has 3 aromatic rings. The van der Waals surface area contributed by atoms with E-state index in [4.69, 9.17) is 0 Å². The molecule has 0 spiro atoms. The van der Waals surface area contributed by atoms with Crippen LogP contribution in [-0.2, 0) is 9.59 Å². The highest BCUT2D eigenvalue weighted by Crippen LogP contribution is 2.32. The Hall–Kier alpha value is -2.80. The number of hydrogen-bond donors (Lipinski definition) is 2. The van der Waals surface area contributed by atoms with E-state index in [1.165, 1.54) is 11.8 Å². The van der Waals surface area contributed by atoms with Gasteiger partial charge in [-0.15, -0.1) is 0 Å². The molecule has 1 aliphatic heterocycles. The van der Waals surface area contributed by atoms with Crippen molar-refractivity contribution < 1.29 is 9.59 Å². The number of imidazole rings is 1. The standard InChI is InChI=1S/C20H20N4O2S/c1-12-7-8-14-16(9-12)23-20(22-14)27-11-19(26)24-13(2)10-18(25)21-15-5-3-4-6-17(15)24/h3-9,13H,10-11H2,1-2H3,(H,21,25)(H,22,23)/t13-/m1/s1. The largest absolute Gasteiger partial charge is 0.333 e. The Bertz CT molecular complexity index is 1030. The molecule has 2 amide bonds. The first-order valence-corrected chi connectivity index (χ1v) is 9.80. The van der Waals surface area contributed by atoms with Crippen molar-refractivity contribution in [2.45, 2.75) is 31.5 Å². The Kier molecular flexibility index (Phi) is 4.61. The Labute approximate surface area is 161 Å². The number of hydrogen-bond acceptors (Lipinski definition) is 4. The van der Waals surface area contributed by atoms with Crippen molar-refractivity contribution in [2.24, 2.45) is 0 Å². The molecule has 2 aromatic carbocycles. The van der Waals surface area contributed by atoms with Gasteiger partial charge in [0.25, 0.3) is 0 Å². The summed E-state index contributed by atoms with van der Waals surface area (Å²) in [6, 6.07) is 13.2. The van der Waals surface area contributed by atoms with E-state index in [1.807, 2.05) is 56.3 Å².